The largest absolute Gasteiger partial charge is 0.384 e. The Labute approximate surface area is 208 Å². The van der Waals surface area contributed by atoms with Gasteiger partial charge >= 0.3 is 0 Å². The van der Waals surface area contributed by atoms with Gasteiger partial charge in [-0.15, -0.1) is 0 Å². The van der Waals surface area contributed by atoms with E-state index in [9.17, 15) is 9.59 Å². The number of aryl methyl sites for hydroxylation is 1. The first-order valence-electron chi connectivity index (χ1n) is 12.4. The number of allylic oxidation sites excluding steroid dienone is 1. The Kier molecular flexibility index (Phi) is 9.09. The summed E-state index contributed by atoms with van der Waals surface area (Å²) < 4.78 is 1.64. The van der Waals surface area contributed by atoms with Crippen LogP contribution in [0.2, 0.25) is 0 Å². The number of hydrogen-bond donors (Lipinski definition) is 3. The Bertz CT molecular complexity index is 1100. The lowest BCUT2D eigenvalue weighted by atomic mass is 9.79. The minimum atomic E-state index is -0.118. The van der Waals surface area contributed by atoms with Crippen LogP contribution in [0.5, 0.6) is 0 Å². The van der Waals surface area contributed by atoms with E-state index in [1.165, 1.54) is 12.8 Å². The first kappa shape index (κ1) is 26.5. The molecule has 2 aromatic rings. The van der Waals surface area contributed by atoms with Crippen LogP contribution in [0.4, 0.5) is 5.82 Å². The van der Waals surface area contributed by atoms with Crippen LogP contribution < -0.4 is 21.7 Å². The van der Waals surface area contributed by atoms with E-state index < -0.39 is 0 Å². The molecule has 0 radical (unpaired) electrons. The SMILES string of the molecule is C/C=C(\NC)C(=O)N[C@H](CONc1ccc(-c2c(C)cc(=O)n(C)c2C)cn1)C1CCC(C)CC1. The van der Waals surface area contributed by atoms with Gasteiger partial charge in [-0.25, -0.2) is 10.5 Å². The lowest BCUT2D eigenvalue weighted by molar-refractivity contribution is -0.119. The Hall–Kier alpha value is -3.13. The third kappa shape index (κ3) is 6.51. The molecule has 35 heavy (non-hydrogen) atoms. The van der Waals surface area contributed by atoms with Crippen molar-refractivity contribution in [2.24, 2.45) is 18.9 Å². The van der Waals surface area contributed by atoms with Crippen molar-refractivity contribution in [3.63, 3.8) is 0 Å². The first-order valence-corrected chi connectivity index (χ1v) is 12.4. The zero-order valence-electron chi connectivity index (χ0n) is 21.8. The molecular weight excluding hydrogens is 442 g/mol. The number of pyridine rings is 2. The summed E-state index contributed by atoms with van der Waals surface area (Å²) in [4.78, 5) is 35.0. The smallest absolute Gasteiger partial charge is 0.267 e. The summed E-state index contributed by atoms with van der Waals surface area (Å²) in [5, 5.41) is 6.11. The molecule has 0 aromatic carbocycles. The van der Waals surface area contributed by atoms with Gasteiger partial charge < -0.3 is 15.2 Å². The van der Waals surface area contributed by atoms with Gasteiger partial charge in [0.15, 0.2) is 0 Å². The quantitative estimate of drug-likeness (QED) is 0.372. The number of likely N-dealkylation sites (N-methyl/N-ethyl adjacent to an activating group) is 1. The number of carbonyl (C=O) groups is 1. The van der Waals surface area contributed by atoms with E-state index in [0.717, 1.165) is 41.1 Å². The second kappa shape index (κ2) is 12.0. The molecule has 8 nitrogen and oxygen atoms in total. The Morgan fingerprint density at radius 2 is 1.97 bits per heavy atom. The van der Waals surface area contributed by atoms with Crippen molar-refractivity contribution in [1.82, 2.24) is 20.2 Å². The topological polar surface area (TPSA) is 97.3 Å². The molecule has 1 aliphatic rings. The van der Waals surface area contributed by atoms with Crippen LogP contribution in [0.3, 0.4) is 0 Å². The molecular formula is C27H39N5O3. The van der Waals surface area contributed by atoms with Crippen LogP contribution in [-0.4, -0.2) is 35.2 Å². The van der Waals surface area contributed by atoms with Gasteiger partial charge in [0.1, 0.15) is 5.82 Å². The number of nitrogens with one attached hydrogen (secondary N) is 3. The molecule has 1 amide bonds. The van der Waals surface area contributed by atoms with Crippen molar-refractivity contribution in [1.29, 1.82) is 0 Å². The third-order valence-electron chi connectivity index (χ3n) is 7.17. The minimum absolute atomic E-state index is 0.0197. The highest BCUT2D eigenvalue weighted by molar-refractivity contribution is 5.92. The molecule has 0 unspecified atom stereocenters. The molecule has 2 heterocycles. The maximum atomic E-state index is 12.7. The van der Waals surface area contributed by atoms with Crippen LogP contribution in [0.15, 0.2) is 41.0 Å². The van der Waals surface area contributed by atoms with Gasteiger partial charge in [0.2, 0.25) is 0 Å². The van der Waals surface area contributed by atoms with E-state index in [2.05, 4.69) is 28.0 Å². The van der Waals surface area contributed by atoms with E-state index in [1.807, 2.05) is 32.9 Å². The molecule has 0 saturated heterocycles. The summed E-state index contributed by atoms with van der Waals surface area (Å²) in [6, 6.07) is 5.37. The summed E-state index contributed by atoms with van der Waals surface area (Å²) >= 11 is 0. The molecule has 1 saturated carbocycles. The number of amides is 1. The molecule has 8 heteroatoms. The fraction of sp³-hybridized carbons (Fsp3) is 0.519. The van der Waals surface area contributed by atoms with Crippen molar-refractivity contribution >= 4 is 11.7 Å². The van der Waals surface area contributed by atoms with E-state index in [-0.39, 0.29) is 17.5 Å². The number of carbonyl (C=O) groups excluding carboxylic acids is 1. The van der Waals surface area contributed by atoms with Crippen LogP contribution in [-0.2, 0) is 16.7 Å². The second-order valence-electron chi connectivity index (χ2n) is 9.58. The number of rotatable bonds is 9. The normalized spacial score (nSPS) is 19.2. The Balaban J connectivity index is 1.66. The van der Waals surface area contributed by atoms with Crippen molar-refractivity contribution in [2.75, 3.05) is 19.1 Å². The maximum Gasteiger partial charge on any atom is 0.267 e. The molecule has 2 aromatic heterocycles. The van der Waals surface area contributed by atoms with Crippen LogP contribution in [0, 0.1) is 25.7 Å². The van der Waals surface area contributed by atoms with E-state index in [4.69, 9.17) is 4.84 Å². The fourth-order valence-corrected chi connectivity index (χ4v) is 4.84. The van der Waals surface area contributed by atoms with Crippen molar-refractivity contribution in [3.05, 3.63) is 57.8 Å². The van der Waals surface area contributed by atoms with Gasteiger partial charge in [-0.1, -0.05) is 25.8 Å². The number of aromatic nitrogens is 2. The zero-order valence-corrected chi connectivity index (χ0v) is 21.8. The summed E-state index contributed by atoms with van der Waals surface area (Å²) in [6.45, 7) is 8.34. The average molecular weight is 482 g/mol. The van der Waals surface area contributed by atoms with Gasteiger partial charge in [-0.3, -0.25) is 14.4 Å². The van der Waals surface area contributed by atoms with Gasteiger partial charge in [0.05, 0.1) is 18.3 Å². The molecule has 1 aliphatic carbocycles. The summed E-state index contributed by atoms with van der Waals surface area (Å²) in [6.07, 6.45) is 8.03. The van der Waals surface area contributed by atoms with Crippen LogP contribution in [0.1, 0.15) is 50.8 Å². The highest BCUT2D eigenvalue weighted by atomic mass is 16.6. The summed E-state index contributed by atoms with van der Waals surface area (Å²) in [5.41, 5.74) is 7.23. The number of hydrogen-bond acceptors (Lipinski definition) is 6. The third-order valence-corrected chi connectivity index (χ3v) is 7.17. The molecule has 0 aliphatic heterocycles. The van der Waals surface area contributed by atoms with Crippen molar-refractivity contribution < 1.29 is 9.63 Å². The van der Waals surface area contributed by atoms with Gasteiger partial charge in [0.25, 0.3) is 11.5 Å². The van der Waals surface area contributed by atoms with Crippen LogP contribution in [0.25, 0.3) is 11.1 Å². The lowest BCUT2D eigenvalue weighted by Crippen LogP contribution is -2.46. The molecule has 0 spiro atoms. The maximum absolute atomic E-state index is 12.7. The summed E-state index contributed by atoms with van der Waals surface area (Å²) in [5.74, 6) is 1.57. The fourth-order valence-electron chi connectivity index (χ4n) is 4.84. The van der Waals surface area contributed by atoms with Crippen LogP contribution >= 0.6 is 0 Å². The van der Waals surface area contributed by atoms with E-state index in [1.54, 1.807) is 37.0 Å². The second-order valence-corrected chi connectivity index (χ2v) is 9.58. The van der Waals surface area contributed by atoms with Gasteiger partial charge in [-0.2, -0.15) is 0 Å². The monoisotopic (exact) mass is 481 g/mol. The van der Waals surface area contributed by atoms with E-state index >= 15 is 0 Å². The standard InChI is InChI=1S/C27H39N5O3/c1-7-22(28-5)27(34)30-23(20-10-8-17(2)9-11-20)16-35-31-24-13-12-21(15-29-24)26-18(3)14-25(33)32(6)19(26)4/h7,12-15,17,20,23,28H,8-11,16H2,1-6H3,(H,29,31)(H,30,34)/b22-7-/t17?,20?,23-/m1/s1. The number of anilines is 1. The Morgan fingerprint density at radius 3 is 2.57 bits per heavy atom. The van der Waals surface area contributed by atoms with E-state index in [0.29, 0.717) is 24.0 Å². The highest BCUT2D eigenvalue weighted by Crippen LogP contribution is 2.31. The lowest BCUT2D eigenvalue weighted by Gasteiger charge is -2.33. The molecule has 190 valence electrons. The zero-order chi connectivity index (χ0) is 25.5. The predicted octanol–water partition coefficient (Wildman–Crippen LogP) is 3.84. The molecule has 3 N–H and O–H groups in total. The molecule has 3 rings (SSSR count). The molecule has 0 bridgehead atoms. The van der Waals surface area contributed by atoms with Gasteiger partial charge in [0, 0.05) is 43.2 Å². The predicted molar refractivity (Wildman–Crippen MR) is 140 cm³/mol. The summed E-state index contributed by atoms with van der Waals surface area (Å²) in [7, 11) is 3.52. The van der Waals surface area contributed by atoms with Crippen molar-refractivity contribution in [3.8, 4) is 11.1 Å². The minimum Gasteiger partial charge on any atom is -0.384 e. The Morgan fingerprint density at radius 1 is 1.26 bits per heavy atom. The molecule has 1 fully saturated rings. The first-order chi connectivity index (χ1) is 16.7. The highest BCUT2D eigenvalue weighted by Gasteiger charge is 2.28. The van der Waals surface area contributed by atoms with Crippen molar-refractivity contribution in [2.45, 2.75) is 59.4 Å². The average Bonchev–Trinajstić information content (AvgIpc) is 2.84. The molecule has 1 atom stereocenters. The number of nitrogens with zero attached hydrogens (tertiary/aromatic N) is 2. The van der Waals surface area contributed by atoms with Gasteiger partial charge in [-0.05, 0) is 63.1 Å².